The minimum atomic E-state index is 0.00158. The van der Waals surface area contributed by atoms with Crippen LogP contribution in [0.15, 0.2) is 0 Å². The van der Waals surface area contributed by atoms with Gasteiger partial charge in [0.25, 0.3) is 0 Å². The lowest BCUT2D eigenvalue weighted by molar-refractivity contribution is -0.154. The van der Waals surface area contributed by atoms with E-state index in [1.165, 1.54) is 43.0 Å². The smallest absolute Gasteiger partial charge is 0.158 e. The van der Waals surface area contributed by atoms with Gasteiger partial charge in [0.1, 0.15) is 6.61 Å². The van der Waals surface area contributed by atoms with Crippen LogP contribution in [0, 0.1) is 11.8 Å². The van der Waals surface area contributed by atoms with Gasteiger partial charge in [0.2, 0.25) is 0 Å². The van der Waals surface area contributed by atoms with Crippen molar-refractivity contribution in [3.8, 4) is 11.8 Å². The van der Waals surface area contributed by atoms with Gasteiger partial charge in [-0.3, -0.25) is 0 Å². The molecule has 0 N–H and O–H groups in total. The molecule has 0 radical (unpaired) electrons. The van der Waals surface area contributed by atoms with Crippen LogP contribution in [0.3, 0.4) is 0 Å². The normalized spacial score (nSPS) is 19.7. The van der Waals surface area contributed by atoms with E-state index in [9.17, 15) is 0 Å². The predicted molar refractivity (Wildman–Crippen MR) is 79.3 cm³/mol. The summed E-state index contributed by atoms with van der Waals surface area (Å²) in [5, 5.41) is 0. The molecule has 0 unspecified atom stereocenters. The van der Waals surface area contributed by atoms with Gasteiger partial charge in [-0.15, -0.1) is 5.92 Å². The van der Waals surface area contributed by atoms with E-state index in [2.05, 4.69) is 34.4 Å². The molecule has 1 atom stereocenters. The van der Waals surface area contributed by atoms with E-state index in [-0.39, 0.29) is 6.29 Å². The second-order valence-corrected chi connectivity index (χ2v) is 5.39. The van der Waals surface area contributed by atoms with Crippen molar-refractivity contribution in [2.24, 2.45) is 0 Å². The molecule has 0 saturated carbocycles. The molecule has 0 bridgehead atoms. The molecular formula is C14H23IO2. The summed E-state index contributed by atoms with van der Waals surface area (Å²) in [6.07, 6.45) is 9.65. The van der Waals surface area contributed by atoms with Crippen molar-refractivity contribution in [1.82, 2.24) is 0 Å². The quantitative estimate of drug-likeness (QED) is 0.300. The number of ether oxygens (including phenoxy) is 2. The average Bonchev–Trinajstić information content (AvgIpc) is 2.38. The first-order valence-electron chi connectivity index (χ1n) is 6.68. The minimum absolute atomic E-state index is 0.00158. The van der Waals surface area contributed by atoms with Crippen LogP contribution in [0.5, 0.6) is 0 Å². The Morgan fingerprint density at radius 2 is 2.00 bits per heavy atom. The third kappa shape index (κ3) is 8.87. The molecule has 1 fully saturated rings. The van der Waals surface area contributed by atoms with Crippen molar-refractivity contribution in [3.63, 3.8) is 0 Å². The summed E-state index contributed by atoms with van der Waals surface area (Å²) < 4.78 is 12.3. The molecule has 2 nitrogen and oxygen atoms in total. The number of hydrogen-bond acceptors (Lipinski definition) is 2. The maximum Gasteiger partial charge on any atom is 0.158 e. The highest BCUT2D eigenvalue weighted by Gasteiger charge is 2.12. The average molecular weight is 350 g/mol. The molecule has 1 saturated heterocycles. The van der Waals surface area contributed by atoms with Crippen molar-refractivity contribution in [1.29, 1.82) is 0 Å². The number of halogens is 1. The van der Waals surface area contributed by atoms with E-state index in [0.29, 0.717) is 6.61 Å². The SMILES string of the molecule is ICCCCCCC#CCO[C@@H]1CCCCO1. The molecule has 3 heteroatoms. The number of alkyl halides is 1. The van der Waals surface area contributed by atoms with Gasteiger partial charge in [-0.05, 0) is 36.5 Å². The third-order valence-corrected chi connectivity index (χ3v) is 3.55. The van der Waals surface area contributed by atoms with Gasteiger partial charge >= 0.3 is 0 Å². The van der Waals surface area contributed by atoms with E-state index >= 15 is 0 Å². The van der Waals surface area contributed by atoms with Crippen molar-refractivity contribution >= 4 is 22.6 Å². The summed E-state index contributed by atoms with van der Waals surface area (Å²) in [7, 11) is 0. The maximum absolute atomic E-state index is 5.53. The van der Waals surface area contributed by atoms with Gasteiger partial charge in [0.05, 0.1) is 0 Å². The molecule has 0 aromatic rings. The molecule has 1 heterocycles. The molecule has 0 aliphatic carbocycles. The Morgan fingerprint density at radius 3 is 2.76 bits per heavy atom. The second-order valence-electron chi connectivity index (χ2n) is 4.31. The lowest BCUT2D eigenvalue weighted by Gasteiger charge is -2.21. The van der Waals surface area contributed by atoms with Crippen LogP contribution in [-0.4, -0.2) is 23.9 Å². The van der Waals surface area contributed by atoms with Crippen molar-refractivity contribution < 1.29 is 9.47 Å². The van der Waals surface area contributed by atoms with Crippen LogP contribution >= 0.6 is 22.6 Å². The second kappa shape index (κ2) is 11.3. The summed E-state index contributed by atoms with van der Waals surface area (Å²) >= 11 is 2.43. The molecule has 1 aliphatic heterocycles. The van der Waals surface area contributed by atoms with Crippen LogP contribution in [0.2, 0.25) is 0 Å². The Hall–Kier alpha value is 0.210. The van der Waals surface area contributed by atoms with Gasteiger partial charge in [0, 0.05) is 13.0 Å². The maximum atomic E-state index is 5.53. The highest BCUT2D eigenvalue weighted by Crippen LogP contribution is 2.13. The van der Waals surface area contributed by atoms with E-state index < -0.39 is 0 Å². The largest absolute Gasteiger partial charge is 0.353 e. The van der Waals surface area contributed by atoms with Crippen molar-refractivity contribution in [2.75, 3.05) is 17.6 Å². The predicted octanol–water partition coefficient (Wildman–Crippen LogP) is 3.92. The van der Waals surface area contributed by atoms with Gasteiger partial charge < -0.3 is 9.47 Å². The Labute approximate surface area is 119 Å². The summed E-state index contributed by atoms with van der Waals surface area (Å²) in [6, 6.07) is 0. The van der Waals surface area contributed by atoms with Crippen LogP contribution in [-0.2, 0) is 9.47 Å². The topological polar surface area (TPSA) is 18.5 Å². The number of rotatable bonds is 7. The zero-order valence-corrected chi connectivity index (χ0v) is 12.7. The molecule has 0 aromatic heterocycles. The third-order valence-electron chi connectivity index (χ3n) is 2.79. The highest BCUT2D eigenvalue weighted by molar-refractivity contribution is 14.1. The lowest BCUT2D eigenvalue weighted by Crippen LogP contribution is -2.22. The fourth-order valence-corrected chi connectivity index (χ4v) is 2.32. The van der Waals surface area contributed by atoms with E-state index in [1.54, 1.807) is 0 Å². The molecular weight excluding hydrogens is 327 g/mol. The van der Waals surface area contributed by atoms with Crippen LogP contribution in [0.4, 0.5) is 0 Å². The van der Waals surface area contributed by atoms with Crippen molar-refractivity contribution in [3.05, 3.63) is 0 Å². The van der Waals surface area contributed by atoms with E-state index in [1.807, 2.05) is 0 Å². The Morgan fingerprint density at radius 1 is 1.12 bits per heavy atom. The molecule has 17 heavy (non-hydrogen) atoms. The molecule has 0 spiro atoms. The Balaban J connectivity index is 1.88. The highest BCUT2D eigenvalue weighted by atomic mass is 127. The van der Waals surface area contributed by atoms with Gasteiger partial charge in [-0.2, -0.15) is 0 Å². The fourth-order valence-electron chi connectivity index (χ4n) is 1.78. The molecule has 1 aliphatic rings. The summed E-state index contributed by atoms with van der Waals surface area (Å²) in [5.41, 5.74) is 0. The zero-order valence-electron chi connectivity index (χ0n) is 10.5. The van der Waals surface area contributed by atoms with Crippen LogP contribution in [0.25, 0.3) is 0 Å². The summed E-state index contributed by atoms with van der Waals surface area (Å²) in [6.45, 7) is 1.37. The standard InChI is InChI=1S/C14H23IO2/c15-11-7-4-2-1-3-5-8-12-16-14-10-6-9-13-17-14/h14H,1-4,6-7,9-13H2/t14-/m0/s1. The fraction of sp³-hybridized carbons (Fsp3) is 0.857. The first-order valence-corrected chi connectivity index (χ1v) is 8.21. The Bertz CT molecular complexity index is 226. The first kappa shape index (κ1) is 15.3. The number of unbranched alkanes of at least 4 members (excludes halogenated alkanes) is 4. The zero-order chi connectivity index (χ0) is 12.2. The molecule has 0 amide bonds. The van der Waals surface area contributed by atoms with E-state index in [0.717, 1.165) is 19.4 Å². The first-order chi connectivity index (χ1) is 8.43. The molecule has 98 valence electrons. The van der Waals surface area contributed by atoms with Crippen LogP contribution in [0.1, 0.15) is 51.4 Å². The minimum Gasteiger partial charge on any atom is -0.353 e. The van der Waals surface area contributed by atoms with E-state index in [4.69, 9.17) is 9.47 Å². The van der Waals surface area contributed by atoms with Crippen molar-refractivity contribution in [2.45, 2.75) is 57.7 Å². The number of hydrogen-bond donors (Lipinski definition) is 0. The van der Waals surface area contributed by atoms with Gasteiger partial charge in [-0.1, -0.05) is 41.4 Å². The Kier molecular flexibility index (Phi) is 10.2. The molecule has 1 rings (SSSR count). The van der Waals surface area contributed by atoms with Crippen LogP contribution < -0.4 is 0 Å². The molecule has 0 aromatic carbocycles. The monoisotopic (exact) mass is 350 g/mol. The van der Waals surface area contributed by atoms with Gasteiger partial charge in [0.15, 0.2) is 6.29 Å². The summed E-state index contributed by atoms with van der Waals surface area (Å²) in [4.78, 5) is 0. The van der Waals surface area contributed by atoms with Gasteiger partial charge in [-0.25, -0.2) is 0 Å². The summed E-state index contributed by atoms with van der Waals surface area (Å²) in [5.74, 6) is 6.24. The lowest BCUT2D eigenvalue weighted by atomic mass is 10.2.